The summed E-state index contributed by atoms with van der Waals surface area (Å²) in [5.41, 5.74) is 1.06. The van der Waals surface area contributed by atoms with E-state index in [9.17, 15) is 14.9 Å². The lowest BCUT2D eigenvalue weighted by molar-refractivity contribution is -0.385. The molecule has 0 bridgehead atoms. The van der Waals surface area contributed by atoms with Crippen molar-refractivity contribution >= 4 is 29.0 Å². The number of hydrogen-bond donors (Lipinski definition) is 1. The number of halogens is 1. The van der Waals surface area contributed by atoms with Crippen LogP contribution in [0.5, 0.6) is 0 Å². The second kappa shape index (κ2) is 7.60. The van der Waals surface area contributed by atoms with Crippen LogP contribution in [0.4, 0.5) is 16.2 Å². The summed E-state index contributed by atoms with van der Waals surface area (Å²) in [5.74, 6) is 0. The van der Waals surface area contributed by atoms with Gasteiger partial charge in [-0.1, -0.05) is 35.9 Å². The monoisotopic (exact) mass is 333 g/mol. The molecule has 2 aromatic rings. The minimum absolute atomic E-state index is 0.00139. The Labute approximate surface area is 138 Å². The number of rotatable bonds is 5. The fraction of sp³-hybridized carbons (Fsp3) is 0.188. The second-order valence-corrected chi connectivity index (χ2v) is 5.28. The van der Waals surface area contributed by atoms with Gasteiger partial charge in [0.1, 0.15) is 0 Å². The number of carbonyl (C=O) groups excluding carboxylic acids is 1. The van der Waals surface area contributed by atoms with E-state index in [1.54, 1.807) is 42.5 Å². The molecular formula is C16H16ClN3O3. The van der Waals surface area contributed by atoms with Crippen molar-refractivity contribution in [2.75, 3.05) is 11.9 Å². The normalized spacial score (nSPS) is 10.2. The predicted octanol–water partition coefficient (Wildman–Crippen LogP) is 4.30. The molecule has 0 saturated heterocycles. The van der Waals surface area contributed by atoms with Crippen LogP contribution in [-0.2, 0) is 6.54 Å². The first kappa shape index (κ1) is 16.8. The van der Waals surface area contributed by atoms with Crippen molar-refractivity contribution in [3.63, 3.8) is 0 Å². The van der Waals surface area contributed by atoms with Crippen LogP contribution < -0.4 is 5.32 Å². The highest BCUT2D eigenvalue weighted by atomic mass is 35.5. The lowest BCUT2D eigenvalue weighted by Gasteiger charge is -2.21. The third-order valence-electron chi connectivity index (χ3n) is 3.29. The number of hydrogen-bond acceptors (Lipinski definition) is 3. The fourth-order valence-corrected chi connectivity index (χ4v) is 2.31. The van der Waals surface area contributed by atoms with Crippen LogP contribution in [0.1, 0.15) is 12.5 Å². The molecule has 0 aliphatic carbocycles. The molecule has 2 aromatic carbocycles. The minimum atomic E-state index is -0.446. The van der Waals surface area contributed by atoms with Crippen molar-refractivity contribution in [3.8, 4) is 0 Å². The summed E-state index contributed by atoms with van der Waals surface area (Å²) in [4.78, 5) is 24.4. The molecule has 0 atom stereocenters. The topological polar surface area (TPSA) is 75.5 Å². The number of urea groups is 1. The maximum absolute atomic E-state index is 12.3. The van der Waals surface area contributed by atoms with E-state index in [2.05, 4.69) is 5.32 Å². The molecule has 0 heterocycles. The van der Waals surface area contributed by atoms with Gasteiger partial charge >= 0.3 is 6.03 Å². The van der Waals surface area contributed by atoms with E-state index in [1.807, 2.05) is 6.92 Å². The van der Waals surface area contributed by atoms with Gasteiger partial charge in [0.15, 0.2) is 0 Å². The molecule has 0 aliphatic rings. The quantitative estimate of drug-likeness (QED) is 0.654. The summed E-state index contributed by atoms with van der Waals surface area (Å²) in [6, 6.07) is 12.9. The van der Waals surface area contributed by atoms with Crippen LogP contribution in [0.25, 0.3) is 0 Å². The van der Waals surface area contributed by atoms with Gasteiger partial charge in [0.2, 0.25) is 0 Å². The zero-order chi connectivity index (χ0) is 16.8. The molecule has 0 spiro atoms. The van der Waals surface area contributed by atoms with Crippen molar-refractivity contribution in [1.29, 1.82) is 0 Å². The van der Waals surface area contributed by atoms with E-state index in [0.29, 0.717) is 22.8 Å². The molecule has 2 amide bonds. The van der Waals surface area contributed by atoms with Gasteiger partial charge in [0.25, 0.3) is 5.69 Å². The highest BCUT2D eigenvalue weighted by Crippen LogP contribution is 2.20. The Bertz CT molecular complexity index is 721. The largest absolute Gasteiger partial charge is 0.322 e. The summed E-state index contributed by atoms with van der Waals surface area (Å²) in [6.07, 6.45) is 0. The van der Waals surface area contributed by atoms with Crippen LogP contribution in [0.2, 0.25) is 5.02 Å². The highest BCUT2D eigenvalue weighted by Gasteiger charge is 2.18. The molecule has 0 unspecified atom stereocenters. The third-order valence-corrected chi connectivity index (χ3v) is 3.53. The number of nitrogens with one attached hydrogen (secondary N) is 1. The van der Waals surface area contributed by atoms with Gasteiger partial charge in [-0.25, -0.2) is 4.79 Å². The van der Waals surface area contributed by atoms with Gasteiger partial charge < -0.3 is 10.2 Å². The molecule has 0 radical (unpaired) electrons. The number of nitro groups is 1. The van der Waals surface area contributed by atoms with Crippen molar-refractivity contribution in [2.45, 2.75) is 13.5 Å². The minimum Gasteiger partial charge on any atom is -0.320 e. The first-order valence-electron chi connectivity index (χ1n) is 7.05. The zero-order valence-corrected chi connectivity index (χ0v) is 13.3. The molecule has 1 N–H and O–H groups in total. The summed E-state index contributed by atoms with van der Waals surface area (Å²) in [6.45, 7) is 2.38. The van der Waals surface area contributed by atoms with Crippen LogP contribution in [0.15, 0.2) is 48.5 Å². The average molecular weight is 334 g/mol. The smallest absolute Gasteiger partial charge is 0.320 e. The predicted molar refractivity (Wildman–Crippen MR) is 89.7 cm³/mol. The maximum Gasteiger partial charge on any atom is 0.322 e. The number of amides is 2. The number of carbonyl (C=O) groups is 1. The van der Waals surface area contributed by atoms with Gasteiger partial charge in [0, 0.05) is 28.9 Å². The van der Waals surface area contributed by atoms with Gasteiger partial charge in [-0.05, 0) is 25.1 Å². The lowest BCUT2D eigenvalue weighted by Crippen LogP contribution is -2.34. The Balaban J connectivity index is 2.14. The molecule has 6 nitrogen and oxygen atoms in total. The first-order valence-corrected chi connectivity index (χ1v) is 7.43. The number of nitro benzene ring substituents is 1. The van der Waals surface area contributed by atoms with Crippen LogP contribution in [0.3, 0.4) is 0 Å². The first-order chi connectivity index (χ1) is 11.0. The van der Waals surface area contributed by atoms with Gasteiger partial charge in [-0.15, -0.1) is 0 Å². The number of nitrogens with zero attached hydrogens (tertiary/aromatic N) is 2. The van der Waals surface area contributed by atoms with Crippen molar-refractivity contribution in [2.24, 2.45) is 0 Å². The van der Waals surface area contributed by atoms with Crippen molar-refractivity contribution < 1.29 is 9.72 Å². The molecule has 0 aromatic heterocycles. The molecule has 0 fully saturated rings. The number of anilines is 1. The fourth-order valence-electron chi connectivity index (χ4n) is 2.12. The maximum atomic E-state index is 12.3. The van der Waals surface area contributed by atoms with Crippen molar-refractivity contribution in [1.82, 2.24) is 4.90 Å². The summed E-state index contributed by atoms with van der Waals surface area (Å²) in [5, 5.41) is 14.3. The standard InChI is InChI=1S/C16H16ClN3O3/c1-2-19(11-12-6-3-4-9-15(12)20(22)23)16(21)18-14-8-5-7-13(17)10-14/h3-10H,2,11H2,1H3,(H,18,21). The van der Waals surface area contributed by atoms with E-state index in [0.717, 1.165) is 0 Å². The highest BCUT2D eigenvalue weighted by molar-refractivity contribution is 6.30. The Hall–Kier alpha value is -2.60. The molecule has 2 rings (SSSR count). The number of para-hydroxylation sites is 1. The van der Waals surface area contributed by atoms with Gasteiger partial charge in [0.05, 0.1) is 11.5 Å². The Morgan fingerprint density at radius 3 is 2.65 bits per heavy atom. The van der Waals surface area contributed by atoms with Gasteiger partial charge in [-0.2, -0.15) is 0 Å². The lowest BCUT2D eigenvalue weighted by atomic mass is 10.1. The average Bonchev–Trinajstić information content (AvgIpc) is 2.52. The number of benzene rings is 2. The Morgan fingerprint density at radius 2 is 2.00 bits per heavy atom. The second-order valence-electron chi connectivity index (χ2n) is 4.84. The summed E-state index contributed by atoms with van der Waals surface area (Å²) < 4.78 is 0. The molecule has 120 valence electrons. The summed E-state index contributed by atoms with van der Waals surface area (Å²) in [7, 11) is 0. The van der Waals surface area contributed by atoms with E-state index in [-0.39, 0.29) is 18.3 Å². The molecule has 23 heavy (non-hydrogen) atoms. The Kier molecular flexibility index (Phi) is 5.54. The van der Waals surface area contributed by atoms with Gasteiger partial charge in [-0.3, -0.25) is 10.1 Å². The molecule has 7 heteroatoms. The molecule has 0 saturated carbocycles. The van der Waals surface area contributed by atoms with Crippen LogP contribution >= 0.6 is 11.6 Å². The van der Waals surface area contributed by atoms with Crippen LogP contribution in [0, 0.1) is 10.1 Å². The molecular weight excluding hydrogens is 318 g/mol. The Morgan fingerprint density at radius 1 is 1.26 bits per heavy atom. The van der Waals surface area contributed by atoms with E-state index in [1.165, 1.54) is 11.0 Å². The van der Waals surface area contributed by atoms with Crippen LogP contribution in [-0.4, -0.2) is 22.4 Å². The third kappa shape index (κ3) is 4.43. The van der Waals surface area contributed by atoms with E-state index >= 15 is 0 Å². The SMILES string of the molecule is CCN(Cc1ccccc1[N+](=O)[O-])C(=O)Nc1cccc(Cl)c1. The van der Waals surface area contributed by atoms with E-state index < -0.39 is 4.92 Å². The zero-order valence-electron chi connectivity index (χ0n) is 12.5. The van der Waals surface area contributed by atoms with E-state index in [4.69, 9.17) is 11.6 Å². The molecule has 0 aliphatic heterocycles. The summed E-state index contributed by atoms with van der Waals surface area (Å²) >= 11 is 5.89. The van der Waals surface area contributed by atoms with Crippen molar-refractivity contribution in [3.05, 3.63) is 69.2 Å².